The first-order valence-electron chi connectivity index (χ1n) is 6.04. The smallest absolute Gasteiger partial charge is 0.225 e. The van der Waals surface area contributed by atoms with Crippen LogP contribution >= 0.6 is 12.2 Å². The van der Waals surface area contributed by atoms with E-state index in [1.807, 2.05) is 31.2 Å². The Hall–Kier alpha value is -1.82. The van der Waals surface area contributed by atoms with Gasteiger partial charge < -0.3 is 21.1 Å². The molecular weight excluding hydrogens is 262 g/mol. The number of nitrogens with one attached hydrogen (secondary N) is 2. The molecule has 2 rings (SSSR count). The number of para-hydroxylation sites is 1. The van der Waals surface area contributed by atoms with E-state index in [4.69, 9.17) is 22.7 Å². The van der Waals surface area contributed by atoms with E-state index in [1.165, 1.54) is 0 Å². The molecule has 3 atom stereocenters. The minimum absolute atomic E-state index is 0.124. The molecule has 0 aromatic heterocycles. The van der Waals surface area contributed by atoms with E-state index in [0.29, 0.717) is 10.9 Å². The number of nitrogens with two attached hydrogens (primary N) is 1. The summed E-state index contributed by atoms with van der Waals surface area (Å²) in [6.07, 6.45) is 0. The average molecular weight is 279 g/mol. The van der Waals surface area contributed by atoms with Crippen LogP contribution in [-0.2, 0) is 4.79 Å². The van der Waals surface area contributed by atoms with Gasteiger partial charge in [0.1, 0.15) is 5.75 Å². The van der Waals surface area contributed by atoms with Crippen molar-refractivity contribution in [2.24, 2.45) is 11.7 Å². The highest BCUT2D eigenvalue weighted by Gasteiger charge is 2.38. The van der Waals surface area contributed by atoms with Crippen LogP contribution in [0.25, 0.3) is 0 Å². The van der Waals surface area contributed by atoms with Gasteiger partial charge in [0.15, 0.2) is 5.11 Å². The minimum atomic E-state index is -0.400. The van der Waals surface area contributed by atoms with Crippen LogP contribution in [0.5, 0.6) is 5.75 Å². The molecule has 0 bridgehead atoms. The summed E-state index contributed by atoms with van der Waals surface area (Å²) in [4.78, 5) is 11.7. The van der Waals surface area contributed by atoms with Gasteiger partial charge in [-0.05, 0) is 25.2 Å². The predicted octanol–water partition coefficient (Wildman–Crippen LogP) is 0.704. The van der Waals surface area contributed by atoms with Crippen molar-refractivity contribution in [2.45, 2.75) is 19.0 Å². The number of carbonyl (C=O) groups excluding carboxylic acids is 1. The Morgan fingerprint density at radius 1 is 1.37 bits per heavy atom. The number of methoxy groups -OCH3 is 1. The highest BCUT2D eigenvalue weighted by molar-refractivity contribution is 7.80. The number of hydrogen-bond donors (Lipinski definition) is 3. The Morgan fingerprint density at radius 3 is 2.68 bits per heavy atom. The SMILES string of the molecule is COc1ccccc1C1NC(=S)NC(C)C1C(N)=O. The van der Waals surface area contributed by atoms with Crippen molar-refractivity contribution in [3.8, 4) is 5.75 Å². The van der Waals surface area contributed by atoms with Gasteiger partial charge in [0.2, 0.25) is 5.91 Å². The molecule has 4 N–H and O–H groups in total. The molecule has 19 heavy (non-hydrogen) atoms. The highest BCUT2D eigenvalue weighted by atomic mass is 32.1. The lowest BCUT2D eigenvalue weighted by molar-refractivity contribution is -0.123. The fourth-order valence-corrected chi connectivity index (χ4v) is 2.78. The number of thiocarbonyl (C=S) groups is 1. The summed E-state index contributed by atoms with van der Waals surface area (Å²) in [5, 5.41) is 6.65. The van der Waals surface area contributed by atoms with Crippen molar-refractivity contribution < 1.29 is 9.53 Å². The van der Waals surface area contributed by atoms with Gasteiger partial charge >= 0.3 is 0 Å². The van der Waals surface area contributed by atoms with Gasteiger partial charge in [-0.1, -0.05) is 18.2 Å². The lowest BCUT2D eigenvalue weighted by Gasteiger charge is -2.38. The molecule has 6 heteroatoms. The fourth-order valence-electron chi connectivity index (χ4n) is 2.46. The third kappa shape index (κ3) is 2.63. The molecule has 1 aromatic carbocycles. The number of amides is 1. The molecule has 0 radical (unpaired) electrons. The van der Waals surface area contributed by atoms with Gasteiger partial charge in [-0.2, -0.15) is 0 Å². The van der Waals surface area contributed by atoms with E-state index < -0.39 is 5.92 Å². The average Bonchev–Trinajstić information content (AvgIpc) is 2.37. The number of hydrogen-bond acceptors (Lipinski definition) is 3. The molecule has 0 saturated carbocycles. The molecule has 1 aromatic rings. The topological polar surface area (TPSA) is 76.4 Å². The Labute approximate surface area is 117 Å². The molecule has 3 unspecified atom stereocenters. The summed E-state index contributed by atoms with van der Waals surface area (Å²) < 4.78 is 5.34. The molecule has 1 aliphatic rings. The summed E-state index contributed by atoms with van der Waals surface area (Å²) in [5.74, 6) is -0.0583. The van der Waals surface area contributed by atoms with Crippen molar-refractivity contribution in [2.75, 3.05) is 7.11 Å². The number of benzene rings is 1. The highest BCUT2D eigenvalue weighted by Crippen LogP contribution is 2.33. The van der Waals surface area contributed by atoms with Crippen molar-refractivity contribution in [3.05, 3.63) is 29.8 Å². The van der Waals surface area contributed by atoms with E-state index >= 15 is 0 Å². The van der Waals surface area contributed by atoms with Crippen LogP contribution in [0.15, 0.2) is 24.3 Å². The number of rotatable bonds is 3. The maximum Gasteiger partial charge on any atom is 0.225 e. The Morgan fingerprint density at radius 2 is 2.05 bits per heavy atom. The van der Waals surface area contributed by atoms with Crippen LogP contribution in [0, 0.1) is 5.92 Å². The van der Waals surface area contributed by atoms with Crippen LogP contribution in [0.4, 0.5) is 0 Å². The third-order valence-corrected chi connectivity index (χ3v) is 3.58. The molecule has 1 aliphatic heterocycles. The minimum Gasteiger partial charge on any atom is -0.496 e. The van der Waals surface area contributed by atoms with E-state index in [0.717, 1.165) is 5.56 Å². The lowest BCUT2D eigenvalue weighted by atomic mass is 9.85. The quantitative estimate of drug-likeness (QED) is 0.710. The van der Waals surface area contributed by atoms with Crippen molar-refractivity contribution >= 4 is 23.2 Å². The van der Waals surface area contributed by atoms with Gasteiger partial charge in [0.05, 0.1) is 19.1 Å². The zero-order chi connectivity index (χ0) is 14.0. The summed E-state index contributed by atoms with van der Waals surface area (Å²) in [6, 6.07) is 7.13. The van der Waals surface area contributed by atoms with E-state index in [-0.39, 0.29) is 18.0 Å². The van der Waals surface area contributed by atoms with Crippen LogP contribution < -0.4 is 21.1 Å². The lowest BCUT2D eigenvalue weighted by Crippen LogP contribution is -2.58. The first kappa shape index (κ1) is 13.6. The number of primary amides is 1. The van der Waals surface area contributed by atoms with E-state index in [9.17, 15) is 4.79 Å². The van der Waals surface area contributed by atoms with Crippen LogP contribution in [-0.4, -0.2) is 24.2 Å². The van der Waals surface area contributed by atoms with Crippen molar-refractivity contribution in [1.29, 1.82) is 0 Å². The molecule has 1 amide bonds. The normalized spacial score (nSPS) is 26.2. The van der Waals surface area contributed by atoms with Gasteiger partial charge in [-0.25, -0.2) is 0 Å². The van der Waals surface area contributed by atoms with Crippen molar-refractivity contribution in [1.82, 2.24) is 10.6 Å². The zero-order valence-corrected chi connectivity index (χ0v) is 11.7. The maximum atomic E-state index is 11.7. The molecule has 0 spiro atoms. The number of carbonyl (C=O) groups is 1. The zero-order valence-electron chi connectivity index (χ0n) is 10.8. The number of ether oxygens (including phenoxy) is 1. The molecule has 1 saturated heterocycles. The van der Waals surface area contributed by atoms with Gasteiger partial charge in [-0.15, -0.1) is 0 Å². The molecular formula is C13H17N3O2S. The second kappa shape index (κ2) is 5.44. The first-order chi connectivity index (χ1) is 9.04. The van der Waals surface area contributed by atoms with Crippen LogP contribution in [0.3, 0.4) is 0 Å². The second-order valence-electron chi connectivity index (χ2n) is 4.55. The molecule has 1 heterocycles. The standard InChI is InChI=1S/C13H17N3O2S/c1-7-10(12(14)17)11(16-13(19)15-7)8-5-3-4-6-9(8)18-2/h3-7,10-11H,1-2H3,(H2,14,17)(H2,15,16,19). The Balaban J connectivity index is 2.43. The molecule has 1 fully saturated rings. The molecule has 5 nitrogen and oxygen atoms in total. The van der Waals surface area contributed by atoms with Crippen LogP contribution in [0.1, 0.15) is 18.5 Å². The van der Waals surface area contributed by atoms with Gasteiger partial charge in [0, 0.05) is 11.6 Å². The van der Waals surface area contributed by atoms with Gasteiger partial charge in [0.25, 0.3) is 0 Å². The van der Waals surface area contributed by atoms with Crippen molar-refractivity contribution in [3.63, 3.8) is 0 Å². The summed E-state index contributed by atoms with van der Waals surface area (Å²) in [7, 11) is 1.60. The Bertz CT molecular complexity index is 506. The Kier molecular flexibility index (Phi) is 3.90. The molecule has 102 valence electrons. The van der Waals surface area contributed by atoms with Gasteiger partial charge in [-0.3, -0.25) is 4.79 Å². The summed E-state index contributed by atoms with van der Waals surface area (Å²) in [6.45, 7) is 1.89. The summed E-state index contributed by atoms with van der Waals surface area (Å²) >= 11 is 5.16. The first-order valence-corrected chi connectivity index (χ1v) is 6.44. The fraction of sp³-hybridized carbons (Fsp3) is 0.385. The summed E-state index contributed by atoms with van der Waals surface area (Å²) in [5.41, 5.74) is 6.40. The maximum absolute atomic E-state index is 11.7. The second-order valence-corrected chi connectivity index (χ2v) is 4.96. The third-order valence-electron chi connectivity index (χ3n) is 3.35. The molecule has 0 aliphatic carbocycles. The predicted molar refractivity (Wildman–Crippen MR) is 76.8 cm³/mol. The largest absolute Gasteiger partial charge is 0.496 e. The van der Waals surface area contributed by atoms with E-state index in [1.54, 1.807) is 7.11 Å². The van der Waals surface area contributed by atoms with Crippen LogP contribution in [0.2, 0.25) is 0 Å². The monoisotopic (exact) mass is 279 g/mol. The van der Waals surface area contributed by atoms with E-state index in [2.05, 4.69) is 10.6 Å².